The maximum Gasteiger partial charge on any atom is 0.266 e. The highest BCUT2D eigenvalue weighted by molar-refractivity contribution is 7.89. The van der Waals surface area contributed by atoms with E-state index in [4.69, 9.17) is 4.74 Å². The third kappa shape index (κ3) is 4.47. The van der Waals surface area contributed by atoms with Crippen LogP contribution in [-0.4, -0.2) is 38.8 Å². The Morgan fingerprint density at radius 3 is 1.74 bits per heavy atom. The Balaban J connectivity index is 1.29. The summed E-state index contributed by atoms with van der Waals surface area (Å²) in [6, 6.07) is 36.3. The van der Waals surface area contributed by atoms with Crippen LogP contribution >= 0.6 is 0 Å². The fraction of sp³-hybridized carbons (Fsp3) is 0.184. The molecular formula is C38H33N3O4S. The highest BCUT2D eigenvalue weighted by Gasteiger charge is 2.36. The van der Waals surface area contributed by atoms with Gasteiger partial charge in [0.2, 0.25) is 5.91 Å². The normalized spacial score (nSPS) is 15.1. The summed E-state index contributed by atoms with van der Waals surface area (Å²) >= 11 is 0. The second kappa shape index (κ2) is 10.8. The second-order valence-electron chi connectivity index (χ2n) is 12.1. The molecule has 0 fully saturated rings. The highest BCUT2D eigenvalue weighted by Crippen LogP contribution is 2.52. The zero-order valence-corrected chi connectivity index (χ0v) is 26.5. The molecule has 3 aliphatic heterocycles. The first kappa shape index (κ1) is 28.4. The molecule has 5 aromatic rings. The summed E-state index contributed by atoms with van der Waals surface area (Å²) < 4.78 is 35.2. The van der Waals surface area contributed by atoms with Crippen molar-refractivity contribution in [2.45, 2.75) is 30.6 Å². The Morgan fingerprint density at radius 1 is 0.696 bits per heavy atom. The van der Waals surface area contributed by atoms with E-state index in [2.05, 4.69) is 94.7 Å². The Hall–Kier alpha value is -5.08. The number of hydrogen-bond acceptors (Lipinski definition) is 6. The van der Waals surface area contributed by atoms with Crippen molar-refractivity contribution in [1.82, 2.24) is 4.31 Å². The first-order valence-electron chi connectivity index (χ1n) is 15.6. The van der Waals surface area contributed by atoms with Crippen LogP contribution in [-0.2, 0) is 27.7 Å². The van der Waals surface area contributed by atoms with Crippen molar-refractivity contribution < 1.29 is 17.9 Å². The lowest BCUT2D eigenvalue weighted by atomic mass is 9.82. The molecule has 0 bridgehead atoms. The molecule has 3 aliphatic rings. The highest BCUT2D eigenvalue weighted by atomic mass is 32.2. The fourth-order valence-electron chi connectivity index (χ4n) is 7.14. The van der Waals surface area contributed by atoms with Gasteiger partial charge in [-0.3, -0.25) is 4.79 Å². The number of fused-ring (bicyclic) bond motifs is 4. The number of benzene rings is 5. The molecule has 8 heteroatoms. The number of nitrogens with zero attached hydrogens (tertiary/aromatic N) is 3. The first-order chi connectivity index (χ1) is 22.3. The van der Waals surface area contributed by atoms with Crippen molar-refractivity contribution >= 4 is 38.7 Å². The SMILES string of the molecule is CC(=O)N(C)S(=O)(=O)c1ccccc1C1c2ccc(N3CCc4ccccc43)cc2Oc2cc(N3CCc4ccccc43)ccc21. The van der Waals surface area contributed by atoms with Gasteiger partial charge in [-0.05, 0) is 59.9 Å². The van der Waals surface area contributed by atoms with Crippen LogP contribution in [0.1, 0.15) is 40.7 Å². The Labute approximate surface area is 269 Å². The van der Waals surface area contributed by atoms with E-state index in [1.807, 2.05) is 12.1 Å². The molecule has 0 spiro atoms. The lowest BCUT2D eigenvalue weighted by molar-refractivity contribution is -0.123. The summed E-state index contributed by atoms with van der Waals surface area (Å²) in [5, 5.41) is 0. The summed E-state index contributed by atoms with van der Waals surface area (Å²) in [5.74, 6) is 0.384. The van der Waals surface area contributed by atoms with Gasteiger partial charge in [-0.25, -0.2) is 12.7 Å². The van der Waals surface area contributed by atoms with Crippen molar-refractivity contribution in [3.63, 3.8) is 0 Å². The van der Waals surface area contributed by atoms with Gasteiger partial charge >= 0.3 is 0 Å². The number of ether oxygens (including phenoxy) is 1. The number of carbonyl (C=O) groups is 1. The van der Waals surface area contributed by atoms with Gasteiger partial charge < -0.3 is 14.5 Å². The minimum absolute atomic E-state index is 0.103. The van der Waals surface area contributed by atoms with Crippen molar-refractivity contribution in [1.29, 1.82) is 0 Å². The Kier molecular flexibility index (Phi) is 6.65. The summed E-state index contributed by atoms with van der Waals surface area (Å²) in [7, 11) is -2.80. The predicted octanol–water partition coefficient (Wildman–Crippen LogP) is 7.53. The zero-order valence-electron chi connectivity index (χ0n) is 25.7. The molecule has 7 nitrogen and oxygen atoms in total. The predicted molar refractivity (Wildman–Crippen MR) is 180 cm³/mol. The van der Waals surface area contributed by atoms with E-state index in [0.29, 0.717) is 17.1 Å². The van der Waals surface area contributed by atoms with Crippen LogP contribution in [0.5, 0.6) is 11.5 Å². The molecular weight excluding hydrogens is 595 g/mol. The van der Waals surface area contributed by atoms with Crippen molar-refractivity contribution in [3.05, 3.63) is 137 Å². The topological polar surface area (TPSA) is 70.2 Å². The van der Waals surface area contributed by atoms with E-state index in [0.717, 1.165) is 52.7 Å². The molecule has 0 atom stereocenters. The van der Waals surface area contributed by atoms with E-state index in [-0.39, 0.29) is 4.90 Å². The third-order valence-corrected chi connectivity index (χ3v) is 11.5. The fourth-order valence-corrected chi connectivity index (χ4v) is 8.51. The average Bonchev–Trinajstić information content (AvgIpc) is 3.71. The number of amides is 1. The molecule has 46 heavy (non-hydrogen) atoms. The summed E-state index contributed by atoms with van der Waals surface area (Å²) in [6.07, 6.45) is 1.93. The minimum Gasteiger partial charge on any atom is -0.457 e. The third-order valence-electron chi connectivity index (χ3n) is 9.55. The van der Waals surface area contributed by atoms with Gasteiger partial charge in [0.05, 0.1) is 4.90 Å². The summed E-state index contributed by atoms with van der Waals surface area (Å²) in [5.41, 5.74) is 9.39. The van der Waals surface area contributed by atoms with Gasteiger partial charge in [0.25, 0.3) is 10.0 Å². The molecule has 0 aromatic heterocycles. The van der Waals surface area contributed by atoms with Crippen LogP contribution in [0.2, 0.25) is 0 Å². The molecule has 230 valence electrons. The summed E-state index contributed by atoms with van der Waals surface area (Å²) in [4.78, 5) is 17.0. The minimum atomic E-state index is -4.11. The molecule has 0 unspecified atom stereocenters. The number of para-hydroxylation sites is 2. The zero-order chi connectivity index (χ0) is 31.6. The van der Waals surface area contributed by atoms with Gasteiger partial charge in [-0.1, -0.05) is 66.7 Å². The van der Waals surface area contributed by atoms with Crippen LogP contribution in [0, 0.1) is 0 Å². The lowest BCUT2D eigenvalue weighted by Gasteiger charge is -2.32. The monoisotopic (exact) mass is 627 g/mol. The Morgan fingerprint density at radius 2 is 1.20 bits per heavy atom. The van der Waals surface area contributed by atoms with Crippen LogP contribution in [0.25, 0.3) is 0 Å². The first-order valence-corrected chi connectivity index (χ1v) is 17.0. The van der Waals surface area contributed by atoms with Gasteiger partial charge in [0.15, 0.2) is 0 Å². The van der Waals surface area contributed by atoms with Crippen LogP contribution < -0.4 is 14.5 Å². The van der Waals surface area contributed by atoms with Crippen molar-refractivity contribution in [2.75, 3.05) is 29.9 Å². The second-order valence-corrected chi connectivity index (χ2v) is 14.0. The van der Waals surface area contributed by atoms with Crippen LogP contribution in [0.15, 0.2) is 114 Å². The van der Waals surface area contributed by atoms with Crippen molar-refractivity contribution in [3.8, 4) is 11.5 Å². The number of hydrogen-bond donors (Lipinski definition) is 0. The molecule has 0 N–H and O–H groups in total. The molecule has 1 amide bonds. The number of sulfonamides is 1. The molecule has 3 heterocycles. The van der Waals surface area contributed by atoms with E-state index >= 15 is 0 Å². The molecule has 0 saturated carbocycles. The quantitative estimate of drug-likeness (QED) is 0.197. The standard InChI is InChI=1S/C38H33N3O4S/c1-25(42)39(2)46(43,44)37-14-8-5-11-32(37)38-30-17-15-28(40-21-19-26-9-3-6-12-33(26)40)23-35(30)45-36-24-29(16-18-31(36)38)41-22-20-27-10-4-7-13-34(27)41/h3-18,23-24,38H,19-22H2,1-2H3. The molecule has 8 rings (SSSR count). The van der Waals surface area contributed by atoms with Crippen LogP contribution in [0.4, 0.5) is 22.7 Å². The largest absolute Gasteiger partial charge is 0.457 e. The van der Waals surface area contributed by atoms with E-state index in [1.165, 1.54) is 36.5 Å². The maximum absolute atomic E-state index is 13.8. The summed E-state index contributed by atoms with van der Waals surface area (Å²) in [6.45, 7) is 3.00. The number of rotatable bonds is 5. The Bertz CT molecular complexity index is 2040. The van der Waals surface area contributed by atoms with Crippen molar-refractivity contribution in [2.24, 2.45) is 0 Å². The maximum atomic E-state index is 13.8. The average molecular weight is 628 g/mol. The molecule has 0 aliphatic carbocycles. The van der Waals surface area contributed by atoms with Gasteiger partial charge in [0, 0.05) is 79.0 Å². The van der Waals surface area contributed by atoms with Gasteiger partial charge in [0.1, 0.15) is 11.5 Å². The number of carbonyl (C=O) groups excluding carboxylic acids is 1. The van der Waals surface area contributed by atoms with Gasteiger partial charge in [-0.15, -0.1) is 0 Å². The lowest BCUT2D eigenvalue weighted by Crippen LogP contribution is -2.32. The van der Waals surface area contributed by atoms with Gasteiger partial charge in [-0.2, -0.15) is 0 Å². The molecule has 0 radical (unpaired) electrons. The van der Waals surface area contributed by atoms with E-state index in [1.54, 1.807) is 12.1 Å². The number of anilines is 4. The van der Waals surface area contributed by atoms with Crippen LogP contribution in [0.3, 0.4) is 0 Å². The van der Waals surface area contributed by atoms with E-state index < -0.39 is 21.8 Å². The van der Waals surface area contributed by atoms with E-state index in [9.17, 15) is 13.2 Å². The molecule has 5 aromatic carbocycles. The smallest absolute Gasteiger partial charge is 0.266 e. The molecule has 0 saturated heterocycles.